The SMILES string of the molecule is CC1=C(C)C(O)C2N=c3c(O)c4c(c(O)c3=NC2C1O)NC(C)C(C)N4. The van der Waals surface area contributed by atoms with Crippen LogP contribution < -0.4 is 21.3 Å². The molecule has 3 aliphatic rings. The van der Waals surface area contributed by atoms with Gasteiger partial charge in [0.15, 0.2) is 11.5 Å². The number of benzene rings is 1. The summed E-state index contributed by atoms with van der Waals surface area (Å²) in [5.41, 5.74) is 2.06. The summed E-state index contributed by atoms with van der Waals surface area (Å²) >= 11 is 0. The van der Waals surface area contributed by atoms with Crippen LogP contribution >= 0.6 is 0 Å². The lowest BCUT2D eigenvalue weighted by molar-refractivity contribution is 0.0862. The number of nitrogens with zero attached hydrogens (tertiary/aromatic N) is 2. The minimum Gasteiger partial charge on any atom is -0.504 e. The molecule has 0 saturated heterocycles. The minimum absolute atomic E-state index is 0.0362. The highest BCUT2D eigenvalue weighted by Gasteiger charge is 2.42. The second-order valence-corrected chi connectivity index (χ2v) is 7.51. The molecule has 2 aliphatic heterocycles. The molecular formula is C18H24N4O4. The number of aliphatic hydroxyl groups excluding tert-OH is 2. The topological polar surface area (TPSA) is 130 Å². The van der Waals surface area contributed by atoms with Crippen LogP contribution in [0.15, 0.2) is 21.1 Å². The van der Waals surface area contributed by atoms with E-state index in [1.807, 2.05) is 13.8 Å². The predicted molar refractivity (Wildman–Crippen MR) is 96.2 cm³/mol. The molecule has 26 heavy (non-hydrogen) atoms. The summed E-state index contributed by atoms with van der Waals surface area (Å²) in [7, 11) is 0. The number of aromatic hydroxyl groups is 2. The lowest BCUT2D eigenvalue weighted by Gasteiger charge is -2.38. The first-order valence-electron chi connectivity index (χ1n) is 8.82. The largest absolute Gasteiger partial charge is 0.504 e. The van der Waals surface area contributed by atoms with Crippen LogP contribution in [0.3, 0.4) is 0 Å². The standard InChI is InChI=1S/C18H24N4O4/c1-5-6(2)16(24)10-9(15(5)23)21-13-14(22-10)18(26)12-11(17(13)25)19-7(3)8(4)20-12/h7-10,15-16,19-20,23-26H,1-4H3. The fourth-order valence-electron chi connectivity index (χ4n) is 3.87. The maximum absolute atomic E-state index is 10.7. The van der Waals surface area contributed by atoms with E-state index in [0.29, 0.717) is 22.5 Å². The Kier molecular flexibility index (Phi) is 3.68. The molecule has 8 heteroatoms. The third kappa shape index (κ3) is 2.15. The van der Waals surface area contributed by atoms with E-state index in [4.69, 9.17) is 0 Å². The van der Waals surface area contributed by atoms with E-state index in [9.17, 15) is 20.4 Å². The zero-order valence-corrected chi connectivity index (χ0v) is 15.1. The van der Waals surface area contributed by atoms with Crippen LogP contribution in [0.4, 0.5) is 11.4 Å². The van der Waals surface area contributed by atoms with Crippen molar-refractivity contribution in [2.24, 2.45) is 9.98 Å². The highest BCUT2D eigenvalue weighted by atomic mass is 16.3. The summed E-state index contributed by atoms with van der Waals surface area (Å²) in [4.78, 5) is 8.96. The third-order valence-electron chi connectivity index (χ3n) is 5.95. The van der Waals surface area contributed by atoms with Crippen molar-refractivity contribution in [3.8, 4) is 11.5 Å². The Balaban J connectivity index is 1.97. The Bertz CT molecular complexity index is 867. The fraction of sp³-hybridized carbons (Fsp3) is 0.556. The molecule has 1 aromatic rings. The molecule has 1 aromatic carbocycles. The second-order valence-electron chi connectivity index (χ2n) is 7.51. The van der Waals surface area contributed by atoms with Gasteiger partial charge in [0.05, 0.1) is 12.2 Å². The van der Waals surface area contributed by atoms with Gasteiger partial charge in [-0.15, -0.1) is 0 Å². The molecule has 0 saturated carbocycles. The van der Waals surface area contributed by atoms with Crippen LogP contribution in [0.25, 0.3) is 0 Å². The van der Waals surface area contributed by atoms with Gasteiger partial charge in [0.2, 0.25) is 0 Å². The molecule has 6 unspecified atom stereocenters. The number of nitrogens with one attached hydrogen (secondary N) is 2. The summed E-state index contributed by atoms with van der Waals surface area (Å²) in [6, 6.07) is -1.35. The first-order chi connectivity index (χ1) is 12.2. The molecule has 2 heterocycles. The molecule has 0 bridgehead atoms. The van der Waals surface area contributed by atoms with E-state index in [0.717, 1.165) is 0 Å². The normalized spacial score (nSPS) is 35.2. The molecule has 6 atom stereocenters. The van der Waals surface area contributed by atoms with Gasteiger partial charge in [-0.05, 0) is 38.8 Å². The number of anilines is 2. The van der Waals surface area contributed by atoms with Gasteiger partial charge in [0.25, 0.3) is 0 Å². The number of hydrogen-bond acceptors (Lipinski definition) is 8. The molecule has 6 N–H and O–H groups in total. The van der Waals surface area contributed by atoms with Gasteiger partial charge in [-0.2, -0.15) is 0 Å². The molecular weight excluding hydrogens is 336 g/mol. The van der Waals surface area contributed by atoms with Crippen LogP contribution in [-0.4, -0.2) is 56.8 Å². The average molecular weight is 360 g/mol. The molecule has 8 nitrogen and oxygen atoms in total. The number of fused-ring (bicyclic) bond motifs is 3. The van der Waals surface area contributed by atoms with Crippen molar-refractivity contribution < 1.29 is 20.4 Å². The first-order valence-corrected chi connectivity index (χ1v) is 8.82. The Hall–Kier alpha value is -2.32. The van der Waals surface area contributed by atoms with E-state index in [1.54, 1.807) is 13.8 Å². The third-order valence-corrected chi connectivity index (χ3v) is 5.95. The van der Waals surface area contributed by atoms with Crippen molar-refractivity contribution in [1.29, 1.82) is 0 Å². The Labute approximate surface area is 150 Å². The molecule has 0 radical (unpaired) electrons. The maximum atomic E-state index is 10.7. The zero-order valence-electron chi connectivity index (χ0n) is 15.1. The quantitative estimate of drug-likeness (QED) is 0.215. The smallest absolute Gasteiger partial charge is 0.168 e. The van der Waals surface area contributed by atoms with Crippen LogP contribution in [0.2, 0.25) is 0 Å². The monoisotopic (exact) mass is 360 g/mol. The van der Waals surface area contributed by atoms with Crippen LogP contribution in [0, 0.1) is 0 Å². The average Bonchev–Trinajstić information content (AvgIpc) is 2.63. The number of phenolic OH excluding ortho intramolecular Hbond substituents is 2. The highest BCUT2D eigenvalue weighted by molar-refractivity contribution is 5.82. The lowest BCUT2D eigenvalue weighted by Crippen LogP contribution is -2.53. The van der Waals surface area contributed by atoms with Crippen molar-refractivity contribution in [2.75, 3.05) is 10.6 Å². The Morgan fingerprint density at radius 3 is 1.42 bits per heavy atom. The van der Waals surface area contributed by atoms with E-state index >= 15 is 0 Å². The van der Waals surface area contributed by atoms with Crippen LogP contribution in [0.1, 0.15) is 27.7 Å². The summed E-state index contributed by atoms with van der Waals surface area (Å²) in [5, 5.41) is 49.3. The summed E-state index contributed by atoms with van der Waals surface area (Å²) in [5.74, 6) is -0.237. The molecule has 4 rings (SSSR count). The van der Waals surface area contributed by atoms with Gasteiger partial charge >= 0.3 is 0 Å². The van der Waals surface area contributed by atoms with Crippen LogP contribution in [-0.2, 0) is 0 Å². The fourth-order valence-corrected chi connectivity index (χ4v) is 3.87. The molecule has 0 spiro atoms. The Morgan fingerprint density at radius 2 is 1.08 bits per heavy atom. The zero-order chi connectivity index (χ0) is 18.9. The molecule has 0 fully saturated rings. The van der Waals surface area contributed by atoms with Crippen LogP contribution in [0.5, 0.6) is 11.5 Å². The van der Waals surface area contributed by atoms with E-state index in [1.165, 1.54) is 0 Å². The molecule has 1 aliphatic carbocycles. The van der Waals surface area contributed by atoms with Gasteiger partial charge in [-0.1, -0.05) is 0 Å². The lowest BCUT2D eigenvalue weighted by atomic mass is 9.81. The van der Waals surface area contributed by atoms with E-state index < -0.39 is 24.3 Å². The van der Waals surface area contributed by atoms with Gasteiger partial charge in [-0.25, -0.2) is 0 Å². The first kappa shape index (κ1) is 17.1. The van der Waals surface area contributed by atoms with Gasteiger partial charge in [0, 0.05) is 12.1 Å². The van der Waals surface area contributed by atoms with Gasteiger partial charge in [-0.3, -0.25) is 9.98 Å². The molecule has 140 valence electrons. The Morgan fingerprint density at radius 1 is 0.731 bits per heavy atom. The number of rotatable bonds is 0. The van der Waals surface area contributed by atoms with E-state index in [2.05, 4.69) is 20.6 Å². The van der Waals surface area contributed by atoms with E-state index in [-0.39, 0.29) is 34.3 Å². The molecule has 0 amide bonds. The van der Waals surface area contributed by atoms with Gasteiger partial charge in [0.1, 0.15) is 34.2 Å². The summed E-state index contributed by atoms with van der Waals surface area (Å²) in [6.45, 7) is 7.44. The van der Waals surface area contributed by atoms with Crippen molar-refractivity contribution in [2.45, 2.75) is 64.1 Å². The second kappa shape index (κ2) is 5.59. The molecule has 0 aromatic heterocycles. The van der Waals surface area contributed by atoms with Crippen molar-refractivity contribution in [3.05, 3.63) is 21.9 Å². The van der Waals surface area contributed by atoms with Gasteiger partial charge < -0.3 is 31.1 Å². The number of aliphatic hydroxyl groups is 2. The summed E-state index contributed by atoms with van der Waals surface area (Å²) in [6.07, 6.45) is -1.80. The van der Waals surface area contributed by atoms with Crippen molar-refractivity contribution >= 4 is 11.4 Å². The summed E-state index contributed by atoms with van der Waals surface area (Å²) < 4.78 is 0. The highest BCUT2D eigenvalue weighted by Crippen LogP contribution is 2.39. The predicted octanol–water partition coefficient (Wildman–Crippen LogP) is -0.226. The maximum Gasteiger partial charge on any atom is 0.168 e. The number of hydrogen-bond donors (Lipinski definition) is 6. The van der Waals surface area contributed by atoms with Crippen molar-refractivity contribution in [3.63, 3.8) is 0 Å². The minimum atomic E-state index is -0.900. The van der Waals surface area contributed by atoms with Crippen molar-refractivity contribution in [1.82, 2.24) is 0 Å². The number of phenols is 2.